The van der Waals surface area contributed by atoms with Gasteiger partial charge in [-0.05, 0) is 49.7 Å². The SMILES string of the molecule is COc1ccc(Cl)cc1NC(=O)N1CCCN(c2ccc(=O)n(-c3ccc(C)cc3)n2)CC1. The number of aromatic nitrogens is 2. The van der Waals surface area contributed by atoms with Crippen LogP contribution in [0.4, 0.5) is 16.3 Å². The fourth-order valence-electron chi connectivity index (χ4n) is 3.76. The van der Waals surface area contributed by atoms with E-state index in [4.69, 9.17) is 16.3 Å². The van der Waals surface area contributed by atoms with Gasteiger partial charge in [0.05, 0.1) is 18.5 Å². The number of urea groups is 1. The summed E-state index contributed by atoms with van der Waals surface area (Å²) in [6.07, 6.45) is 0.769. The Morgan fingerprint density at radius 2 is 1.82 bits per heavy atom. The summed E-state index contributed by atoms with van der Waals surface area (Å²) >= 11 is 6.07. The van der Waals surface area contributed by atoms with Crippen molar-refractivity contribution in [3.05, 3.63) is 75.5 Å². The lowest BCUT2D eigenvalue weighted by Crippen LogP contribution is -2.38. The van der Waals surface area contributed by atoms with Crippen LogP contribution in [-0.2, 0) is 0 Å². The Bertz CT molecular complexity index is 1200. The zero-order chi connectivity index (χ0) is 23.4. The van der Waals surface area contributed by atoms with Gasteiger partial charge in [0, 0.05) is 37.3 Å². The topological polar surface area (TPSA) is 79.7 Å². The first-order valence-corrected chi connectivity index (χ1v) is 11.1. The maximum Gasteiger partial charge on any atom is 0.322 e. The summed E-state index contributed by atoms with van der Waals surface area (Å²) in [5, 5.41) is 8.00. The standard InChI is InChI=1S/C24H26ClN5O3/c1-17-4-7-19(8-5-17)30-23(31)11-10-22(27-30)28-12-3-13-29(15-14-28)24(32)26-20-16-18(25)6-9-21(20)33-2/h4-11,16H,3,12-15H2,1-2H3,(H,26,32). The van der Waals surface area contributed by atoms with Gasteiger partial charge in [-0.2, -0.15) is 4.68 Å². The number of methoxy groups -OCH3 is 1. The second-order valence-corrected chi connectivity index (χ2v) is 8.32. The van der Waals surface area contributed by atoms with Crippen LogP contribution >= 0.6 is 11.6 Å². The summed E-state index contributed by atoms with van der Waals surface area (Å²) < 4.78 is 6.73. The average Bonchev–Trinajstić information content (AvgIpc) is 3.07. The predicted octanol–water partition coefficient (Wildman–Crippen LogP) is 3.95. The molecule has 33 heavy (non-hydrogen) atoms. The van der Waals surface area contributed by atoms with Gasteiger partial charge in [-0.3, -0.25) is 4.79 Å². The maximum atomic E-state index is 12.9. The van der Waals surface area contributed by atoms with E-state index in [1.165, 1.54) is 10.7 Å². The number of hydrogen-bond donors (Lipinski definition) is 1. The summed E-state index contributed by atoms with van der Waals surface area (Å²) in [5.74, 6) is 1.25. The van der Waals surface area contributed by atoms with Gasteiger partial charge < -0.3 is 19.9 Å². The zero-order valence-electron chi connectivity index (χ0n) is 18.6. The lowest BCUT2D eigenvalue weighted by molar-refractivity contribution is 0.215. The second kappa shape index (κ2) is 9.95. The molecule has 0 aliphatic carbocycles. The van der Waals surface area contributed by atoms with E-state index in [2.05, 4.69) is 15.3 Å². The number of halogens is 1. The molecule has 2 heterocycles. The Kier molecular flexibility index (Phi) is 6.84. The van der Waals surface area contributed by atoms with Crippen molar-refractivity contribution in [3.8, 4) is 11.4 Å². The van der Waals surface area contributed by atoms with Crippen molar-refractivity contribution in [3.63, 3.8) is 0 Å². The second-order valence-electron chi connectivity index (χ2n) is 7.88. The molecule has 8 nitrogen and oxygen atoms in total. The van der Waals surface area contributed by atoms with Gasteiger partial charge in [0.1, 0.15) is 11.6 Å². The van der Waals surface area contributed by atoms with Crippen molar-refractivity contribution >= 4 is 29.1 Å². The van der Waals surface area contributed by atoms with Crippen molar-refractivity contribution in [1.82, 2.24) is 14.7 Å². The number of carbonyl (C=O) groups excluding carboxylic acids is 1. The number of carbonyl (C=O) groups is 1. The Morgan fingerprint density at radius 1 is 1.03 bits per heavy atom. The lowest BCUT2D eigenvalue weighted by atomic mass is 10.2. The van der Waals surface area contributed by atoms with E-state index < -0.39 is 0 Å². The highest BCUT2D eigenvalue weighted by molar-refractivity contribution is 6.31. The molecule has 2 amide bonds. The van der Waals surface area contributed by atoms with Crippen LogP contribution in [0.3, 0.4) is 0 Å². The number of benzene rings is 2. The van der Waals surface area contributed by atoms with E-state index >= 15 is 0 Å². The number of anilines is 2. The molecule has 1 aliphatic heterocycles. The van der Waals surface area contributed by atoms with Gasteiger partial charge in [-0.1, -0.05) is 29.3 Å². The molecule has 0 saturated carbocycles. The van der Waals surface area contributed by atoms with E-state index in [1.807, 2.05) is 31.2 Å². The van der Waals surface area contributed by atoms with Crippen molar-refractivity contribution < 1.29 is 9.53 Å². The minimum Gasteiger partial charge on any atom is -0.495 e. The molecular weight excluding hydrogens is 442 g/mol. The number of nitrogens with one attached hydrogen (secondary N) is 1. The van der Waals surface area contributed by atoms with Gasteiger partial charge in [0.25, 0.3) is 5.56 Å². The highest BCUT2D eigenvalue weighted by Crippen LogP contribution is 2.28. The minimum absolute atomic E-state index is 0.186. The van der Waals surface area contributed by atoms with E-state index in [0.717, 1.165) is 24.2 Å². The summed E-state index contributed by atoms with van der Waals surface area (Å²) in [6.45, 7) is 4.43. The summed E-state index contributed by atoms with van der Waals surface area (Å²) in [5.41, 5.74) is 2.18. The van der Waals surface area contributed by atoms with Crippen LogP contribution in [0, 0.1) is 6.92 Å². The third-order valence-electron chi connectivity index (χ3n) is 5.57. The first-order chi connectivity index (χ1) is 15.9. The third kappa shape index (κ3) is 5.28. The maximum absolute atomic E-state index is 12.9. The lowest BCUT2D eigenvalue weighted by Gasteiger charge is -2.23. The van der Waals surface area contributed by atoms with Gasteiger partial charge in [-0.15, -0.1) is 5.10 Å². The Balaban J connectivity index is 1.47. The molecule has 3 aromatic rings. The summed E-state index contributed by atoms with van der Waals surface area (Å²) in [4.78, 5) is 29.1. The molecule has 1 aromatic heterocycles. The monoisotopic (exact) mass is 467 g/mol. The smallest absolute Gasteiger partial charge is 0.322 e. The number of ether oxygens (including phenoxy) is 1. The average molecular weight is 468 g/mol. The van der Waals surface area contributed by atoms with Crippen LogP contribution in [0.25, 0.3) is 5.69 Å². The van der Waals surface area contributed by atoms with Crippen LogP contribution < -0.4 is 20.5 Å². The van der Waals surface area contributed by atoms with Gasteiger partial charge in [-0.25, -0.2) is 4.79 Å². The molecule has 9 heteroatoms. The Morgan fingerprint density at radius 3 is 2.58 bits per heavy atom. The molecule has 1 N–H and O–H groups in total. The molecule has 0 radical (unpaired) electrons. The molecule has 0 atom stereocenters. The quantitative estimate of drug-likeness (QED) is 0.628. The zero-order valence-corrected chi connectivity index (χ0v) is 19.4. The number of aryl methyl sites for hydroxylation is 1. The fraction of sp³-hybridized carbons (Fsp3) is 0.292. The van der Waals surface area contributed by atoms with Crippen LogP contribution in [0.15, 0.2) is 59.4 Å². The molecule has 1 saturated heterocycles. The molecule has 2 aromatic carbocycles. The van der Waals surface area contributed by atoms with E-state index in [1.54, 1.807) is 36.3 Å². The molecule has 172 valence electrons. The predicted molar refractivity (Wildman–Crippen MR) is 130 cm³/mol. The number of hydrogen-bond acceptors (Lipinski definition) is 5. The van der Waals surface area contributed by atoms with Gasteiger partial charge in [0.2, 0.25) is 0 Å². The molecule has 0 bridgehead atoms. The molecule has 0 spiro atoms. The van der Waals surface area contributed by atoms with Crippen LogP contribution in [0.1, 0.15) is 12.0 Å². The van der Waals surface area contributed by atoms with E-state index in [0.29, 0.717) is 41.9 Å². The van der Waals surface area contributed by atoms with Crippen molar-refractivity contribution in [2.24, 2.45) is 0 Å². The number of nitrogens with zero attached hydrogens (tertiary/aromatic N) is 4. The molecule has 4 rings (SSSR count). The van der Waals surface area contributed by atoms with Crippen LogP contribution in [0.2, 0.25) is 5.02 Å². The van der Waals surface area contributed by atoms with E-state index in [9.17, 15) is 9.59 Å². The van der Waals surface area contributed by atoms with Crippen molar-refractivity contribution in [2.45, 2.75) is 13.3 Å². The van der Waals surface area contributed by atoms with Gasteiger partial charge >= 0.3 is 6.03 Å². The molecular formula is C24H26ClN5O3. The van der Waals surface area contributed by atoms with Crippen molar-refractivity contribution in [1.29, 1.82) is 0 Å². The minimum atomic E-state index is -0.213. The molecule has 0 unspecified atom stereocenters. The summed E-state index contributed by atoms with van der Waals surface area (Å²) in [6, 6.07) is 15.8. The Labute approximate surface area is 197 Å². The van der Waals surface area contributed by atoms with Crippen LogP contribution in [-0.4, -0.2) is 54.0 Å². The molecule has 1 fully saturated rings. The summed E-state index contributed by atoms with van der Waals surface area (Å²) in [7, 11) is 1.55. The van der Waals surface area contributed by atoms with Crippen molar-refractivity contribution in [2.75, 3.05) is 43.5 Å². The van der Waals surface area contributed by atoms with E-state index in [-0.39, 0.29) is 11.6 Å². The Hall–Kier alpha value is -3.52. The third-order valence-corrected chi connectivity index (χ3v) is 5.81. The first-order valence-electron chi connectivity index (χ1n) is 10.8. The molecule has 1 aliphatic rings. The van der Waals surface area contributed by atoms with Gasteiger partial charge in [0.15, 0.2) is 0 Å². The first kappa shape index (κ1) is 22.7. The number of rotatable bonds is 4. The van der Waals surface area contributed by atoms with Crippen LogP contribution in [0.5, 0.6) is 5.75 Å². The largest absolute Gasteiger partial charge is 0.495 e. The highest BCUT2D eigenvalue weighted by Gasteiger charge is 2.21. The fourth-order valence-corrected chi connectivity index (χ4v) is 3.93. The number of amides is 2. The normalized spacial score (nSPS) is 14.0. The highest BCUT2D eigenvalue weighted by atomic mass is 35.5.